The Hall–Kier alpha value is -1.20. The zero-order chi connectivity index (χ0) is 11.4. The van der Waals surface area contributed by atoms with Gasteiger partial charge in [0.05, 0.1) is 30.7 Å². The van der Waals surface area contributed by atoms with Crippen molar-refractivity contribution < 1.29 is 4.74 Å². The van der Waals surface area contributed by atoms with Crippen LogP contribution in [0.2, 0.25) is 0 Å². The van der Waals surface area contributed by atoms with E-state index in [9.17, 15) is 0 Å². The van der Waals surface area contributed by atoms with Gasteiger partial charge in [-0.1, -0.05) is 0 Å². The van der Waals surface area contributed by atoms with E-state index in [2.05, 4.69) is 20.2 Å². The second kappa shape index (κ2) is 5.23. The highest BCUT2D eigenvalue weighted by Crippen LogP contribution is 2.16. The molecule has 88 valence electrons. The average Bonchev–Trinajstić information content (AvgIpc) is 2.83. The molecule has 1 aliphatic heterocycles. The summed E-state index contributed by atoms with van der Waals surface area (Å²) in [6.45, 7) is 2.39. The number of rotatable bonds is 4. The van der Waals surface area contributed by atoms with Crippen molar-refractivity contribution in [3.05, 3.63) is 18.1 Å². The third kappa shape index (κ3) is 2.48. The Morgan fingerprint density at radius 2 is 2.38 bits per heavy atom. The monoisotopic (exact) mass is 222 g/mol. The lowest BCUT2D eigenvalue weighted by Gasteiger charge is -2.23. The summed E-state index contributed by atoms with van der Waals surface area (Å²) in [5.74, 6) is 0.912. The van der Waals surface area contributed by atoms with Gasteiger partial charge in [0.25, 0.3) is 0 Å². The van der Waals surface area contributed by atoms with Crippen LogP contribution in [0.4, 0.5) is 5.82 Å². The number of nitrogens with one attached hydrogen (secondary N) is 1. The lowest BCUT2D eigenvalue weighted by molar-refractivity contribution is 0.193. The molecule has 1 saturated heterocycles. The van der Waals surface area contributed by atoms with Crippen molar-refractivity contribution in [1.29, 1.82) is 0 Å². The molecule has 0 amide bonds. The summed E-state index contributed by atoms with van der Waals surface area (Å²) in [6.07, 6.45) is 4.71. The van der Waals surface area contributed by atoms with E-state index in [-0.39, 0.29) is 0 Å². The Morgan fingerprint density at radius 3 is 2.94 bits per heavy atom. The zero-order valence-electron chi connectivity index (χ0n) is 9.81. The van der Waals surface area contributed by atoms with Crippen LogP contribution in [0.15, 0.2) is 12.4 Å². The van der Waals surface area contributed by atoms with E-state index in [0.717, 1.165) is 37.7 Å². The molecule has 2 heterocycles. The smallest absolute Gasteiger partial charge is 0.147 e. The fraction of sp³-hybridized carbons (Fsp3) is 0.636. The highest BCUT2D eigenvalue weighted by Gasteiger charge is 2.21. The van der Waals surface area contributed by atoms with E-state index in [0.29, 0.717) is 6.04 Å². The van der Waals surface area contributed by atoms with Crippen LogP contribution in [-0.4, -0.2) is 43.3 Å². The molecule has 5 heteroatoms. The van der Waals surface area contributed by atoms with E-state index in [1.165, 1.54) is 0 Å². The van der Waals surface area contributed by atoms with Crippen molar-refractivity contribution in [1.82, 2.24) is 15.3 Å². The van der Waals surface area contributed by atoms with Crippen molar-refractivity contribution in [2.75, 3.05) is 32.2 Å². The number of anilines is 1. The lowest BCUT2D eigenvalue weighted by Crippen LogP contribution is -2.32. The van der Waals surface area contributed by atoms with Gasteiger partial charge in [0.2, 0.25) is 0 Å². The maximum absolute atomic E-state index is 5.36. The number of aromatic nitrogens is 2. The zero-order valence-corrected chi connectivity index (χ0v) is 9.81. The third-order valence-electron chi connectivity index (χ3n) is 2.86. The number of ether oxygens (including phenoxy) is 1. The largest absolute Gasteiger partial charge is 0.379 e. The third-order valence-corrected chi connectivity index (χ3v) is 2.86. The first-order chi connectivity index (χ1) is 7.81. The molecule has 0 aliphatic carbocycles. The average molecular weight is 222 g/mol. The maximum atomic E-state index is 5.36. The molecule has 1 fully saturated rings. The second-order valence-electron chi connectivity index (χ2n) is 4.02. The van der Waals surface area contributed by atoms with Crippen LogP contribution in [0.1, 0.15) is 12.1 Å². The SMILES string of the molecule is CNCc1cnc(N(C)C2CCOC2)cn1. The predicted molar refractivity (Wildman–Crippen MR) is 62.4 cm³/mol. The topological polar surface area (TPSA) is 50.3 Å². The summed E-state index contributed by atoms with van der Waals surface area (Å²) in [7, 11) is 3.94. The predicted octanol–water partition coefficient (Wildman–Crippen LogP) is 0.421. The summed E-state index contributed by atoms with van der Waals surface area (Å²) in [5, 5.41) is 3.05. The first-order valence-electron chi connectivity index (χ1n) is 5.57. The molecule has 1 unspecified atom stereocenters. The van der Waals surface area contributed by atoms with Crippen molar-refractivity contribution in [2.24, 2.45) is 0 Å². The van der Waals surface area contributed by atoms with Crippen LogP contribution in [0, 0.1) is 0 Å². The Bertz CT molecular complexity index is 321. The number of likely N-dealkylation sites (N-methyl/N-ethyl adjacent to an activating group) is 1. The molecular formula is C11H18N4O. The molecule has 1 aliphatic rings. The summed E-state index contributed by atoms with van der Waals surface area (Å²) < 4.78 is 5.36. The van der Waals surface area contributed by atoms with Gasteiger partial charge in [0.1, 0.15) is 5.82 Å². The van der Waals surface area contributed by atoms with Gasteiger partial charge in [-0.3, -0.25) is 4.98 Å². The molecule has 0 aromatic carbocycles. The van der Waals surface area contributed by atoms with Gasteiger partial charge in [-0.25, -0.2) is 4.98 Å². The van der Waals surface area contributed by atoms with Gasteiger partial charge in [0.15, 0.2) is 0 Å². The van der Waals surface area contributed by atoms with Crippen molar-refractivity contribution in [3.63, 3.8) is 0 Å². The van der Waals surface area contributed by atoms with Crippen LogP contribution in [0.5, 0.6) is 0 Å². The van der Waals surface area contributed by atoms with E-state index < -0.39 is 0 Å². The van der Waals surface area contributed by atoms with Gasteiger partial charge < -0.3 is 15.0 Å². The molecular weight excluding hydrogens is 204 g/mol. The highest BCUT2D eigenvalue weighted by molar-refractivity contribution is 5.36. The molecule has 16 heavy (non-hydrogen) atoms. The summed E-state index contributed by atoms with van der Waals surface area (Å²) in [5.41, 5.74) is 0.960. The van der Waals surface area contributed by atoms with Crippen LogP contribution < -0.4 is 10.2 Å². The summed E-state index contributed by atoms with van der Waals surface area (Å²) >= 11 is 0. The molecule has 1 aromatic heterocycles. The Labute approximate surface area is 95.8 Å². The van der Waals surface area contributed by atoms with Crippen molar-refractivity contribution >= 4 is 5.82 Å². The molecule has 1 aromatic rings. The number of nitrogens with zero attached hydrogens (tertiary/aromatic N) is 3. The standard InChI is InChI=1S/C11H18N4O/c1-12-5-9-6-14-11(7-13-9)15(2)10-3-4-16-8-10/h6-7,10,12H,3-5,8H2,1-2H3. The quantitative estimate of drug-likeness (QED) is 0.800. The van der Waals surface area contributed by atoms with E-state index in [4.69, 9.17) is 4.74 Å². The molecule has 1 atom stereocenters. The molecule has 0 bridgehead atoms. The minimum Gasteiger partial charge on any atom is -0.379 e. The fourth-order valence-electron chi connectivity index (χ4n) is 1.82. The molecule has 1 N–H and O–H groups in total. The maximum Gasteiger partial charge on any atom is 0.147 e. The van der Waals surface area contributed by atoms with Crippen molar-refractivity contribution in [3.8, 4) is 0 Å². The first kappa shape index (κ1) is 11.3. The lowest BCUT2D eigenvalue weighted by atomic mass is 10.2. The summed E-state index contributed by atoms with van der Waals surface area (Å²) in [4.78, 5) is 10.9. The molecule has 2 rings (SSSR count). The molecule has 5 nitrogen and oxygen atoms in total. The first-order valence-corrected chi connectivity index (χ1v) is 5.57. The summed E-state index contributed by atoms with van der Waals surface area (Å²) in [6, 6.07) is 0.435. The van der Waals surface area contributed by atoms with Crippen LogP contribution in [0.25, 0.3) is 0 Å². The van der Waals surface area contributed by atoms with Crippen LogP contribution >= 0.6 is 0 Å². The molecule has 0 saturated carbocycles. The van der Waals surface area contributed by atoms with Gasteiger partial charge in [-0.15, -0.1) is 0 Å². The number of hydrogen-bond donors (Lipinski definition) is 1. The molecule has 0 spiro atoms. The van der Waals surface area contributed by atoms with Crippen molar-refractivity contribution in [2.45, 2.75) is 19.0 Å². The Morgan fingerprint density at radius 1 is 1.50 bits per heavy atom. The highest BCUT2D eigenvalue weighted by atomic mass is 16.5. The van der Waals surface area contributed by atoms with Gasteiger partial charge in [0, 0.05) is 20.2 Å². The normalized spacial score (nSPS) is 20.0. The number of hydrogen-bond acceptors (Lipinski definition) is 5. The van der Waals surface area contributed by atoms with Gasteiger partial charge in [-0.05, 0) is 13.5 Å². The Balaban J connectivity index is 2.02. The van der Waals surface area contributed by atoms with E-state index in [1.54, 1.807) is 0 Å². The minimum atomic E-state index is 0.435. The van der Waals surface area contributed by atoms with Gasteiger partial charge in [-0.2, -0.15) is 0 Å². The van der Waals surface area contributed by atoms with Gasteiger partial charge >= 0.3 is 0 Å². The van der Waals surface area contributed by atoms with Crippen LogP contribution in [-0.2, 0) is 11.3 Å². The Kier molecular flexibility index (Phi) is 3.69. The van der Waals surface area contributed by atoms with E-state index >= 15 is 0 Å². The minimum absolute atomic E-state index is 0.435. The fourth-order valence-corrected chi connectivity index (χ4v) is 1.82. The molecule has 0 radical (unpaired) electrons. The second-order valence-corrected chi connectivity index (χ2v) is 4.02. The van der Waals surface area contributed by atoms with Crippen LogP contribution in [0.3, 0.4) is 0 Å². The van der Waals surface area contributed by atoms with E-state index in [1.807, 2.05) is 26.5 Å².